The van der Waals surface area contributed by atoms with Crippen LogP contribution in [0.4, 0.5) is 0 Å². The lowest BCUT2D eigenvalue weighted by atomic mass is 10.3. The van der Waals surface area contributed by atoms with Crippen molar-refractivity contribution in [2.24, 2.45) is 0 Å². The van der Waals surface area contributed by atoms with Crippen molar-refractivity contribution in [1.82, 2.24) is 4.98 Å². The normalized spacial score (nSPS) is 10.2. The third-order valence-electron chi connectivity index (χ3n) is 2.45. The molecular formula is C12H20N3S+. The van der Waals surface area contributed by atoms with Gasteiger partial charge in [-0.1, -0.05) is 6.92 Å². The number of imidazole rings is 1. The first kappa shape index (κ1) is 13.1. The second-order valence-corrected chi connectivity index (χ2v) is 5.06. The van der Waals surface area contributed by atoms with Crippen LogP contribution in [0.5, 0.6) is 0 Å². The number of hydrogen-bond donors (Lipinski definition) is 1. The quantitative estimate of drug-likeness (QED) is 0.558. The summed E-state index contributed by atoms with van der Waals surface area (Å²) in [5, 5.41) is 8.49. The number of rotatable bonds is 8. The first-order valence-electron chi connectivity index (χ1n) is 5.89. The van der Waals surface area contributed by atoms with E-state index in [9.17, 15) is 0 Å². The second kappa shape index (κ2) is 8.23. The lowest BCUT2D eigenvalue weighted by molar-refractivity contribution is -0.703. The summed E-state index contributed by atoms with van der Waals surface area (Å²) >= 11 is 1.99. The molecule has 0 spiro atoms. The summed E-state index contributed by atoms with van der Waals surface area (Å²) < 4.78 is 2.23. The molecule has 0 aliphatic heterocycles. The number of nitrogens with zero attached hydrogens (tertiary/aromatic N) is 2. The van der Waals surface area contributed by atoms with Gasteiger partial charge < -0.3 is 0 Å². The van der Waals surface area contributed by atoms with Crippen LogP contribution in [-0.2, 0) is 13.0 Å². The third-order valence-corrected chi connectivity index (χ3v) is 3.43. The second-order valence-electron chi connectivity index (χ2n) is 3.66. The number of thioether (sulfide) groups is 1. The first-order valence-corrected chi connectivity index (χ1v) is 7.04. The Morgan fingerprint density at radius 1 is 1.50 bits per heavy atom. The Bertz CT molecular complexity index is 327. The molecule has 0 radical (unpaired) electrons. The molecule has 1 N–H and O–H groups in total. The molecule has 16 heavy (non-hydrogen) atoms. The standard InChI is InChI=1S/C12H19N3S/c1-2-16-11-5-6-12-14-8-10-15(12)9-4-3-7-13/h8,10H,2-6,9,11H2,1H3/p+1. The predicted molar refractivity (Wildman–Crippen MR) is 67.2 cm³/mol. The Hall–Kier alpha value is -0.950. The number of nitrogens with one attached hydrogen (secondary N) is 1. The molecule has 0 saturated heterocycles. The van der Waals surface area contributed by atoms with Crippen LogP contribution in [-0.4, -0.2) is 16.5 Å². The zero-order chi connectivity index (χ0) is 11.6. The molecule has 0 atom stereocenters. The van der Waals surface area contributed by atoms with Gasteiger partial charge in [-0.3, -0.25) is 0 Å². The van der Waals surface area contributed by atoms with Gasteiger partial charge in [0.25, 0.3) is 5.82 Å². The molecule has 0 amide bonds. The minimum atomic E-state index is 0.642. The SMILES string of the molecule is CCSCCCc1[nH]cc[n+]1CCCC#N. The van der Waals surface area contributed by atoms with E-state index in [1.165, 1.54) is 23.8 Å². The Labute approximate surface area is 102 Å². The minimum absolute atomic E-state index is 0.642. The summed E-state index contributed by atoms with van der Waals surface area (Å²) in [7, 11) is 0. The van der Waals surface area contributed by atoms with E-state index in [0.717, 1.165) is 19.4 Å². The van der Waals surface area contributed by atoms with E-state index >= 15 is 0 Å². The Kier molecular flexibility index (Phi) is 6.75. The number of aromatic nitrogens is 2. The summed E-state index contributed by atoms with van der Waals surface area (Å²) in [5.41, 5.74) is 0. The maximum atomic E-state index is 8.49. The van der Waals surface area contributed by atoms with Gasteiger partial charge in [0.15, 0.2) is 0 Å². The van der Waals surface area contributed by atoms with Crippen molar-refractivity contribution in [2.45, 2.75) is 39.2 Å². The van der Waals surface area contributed by atoms with Crippen molar-refractivity contribution in [2.75, 3.05) is 11.5 Å². The van der Waals surface area contributed by atoms with Gasteiger partial charge in [-0.05, 0) is 24.3 Å². The Balaban J connectivity index is 2.30. The smallest absolute Gasteiger partial charge is 0.248 e. The van der Waals surface area contributed by atoms with Gasteiger partial charge in [0, 0.05) is 12.8 Å². The van der Waals surface area contributed by atoms with Crippen LogP contribution in [0.3, 0.4) is 0 Å². The van der Waals surface area contributed by atoms with Crippen LogP contribution in [0, 0.1) is 11.3 Å². The largest absolute Gasteiger partial charge is 0.254 e. The fourth-order valence-corrected chi connectivity index (χ4v) is 2.27. The molecule has 1 aromatic rings. The zero-order valence-corrected chi connectivity index (χ0v) is 10.7. The van der Waals surface area contributed by atoms with E-state index in [2.05, 4.69) is 28.7 Å². The van der Waals surface area contributed by atoms with E-state index in [1.54, 1.807) is 0 Å². The van der Waals surface area contributed by atoms with Gasteiger partial charge in [0.2, 0.25) is 0 Å². The fraction of sp³-hybridized carbons (Fsp3) is 0.667. The predicted octanol–water partition coefficient (Wildman–Crippen LogP) is 2.29. The van der Waals surface area contributed by atoms with E-state index < -0.39 is 0 Å². The molecule has 4 heteroatoms. The van der Waals surface area contributed by atoms with Gasteiger partial charge in [-0.15, -0.1) is 0 Å². The molecule has 0 aliphatic rings. The highest BCUT2D eigenvalue weighted by molar-refractivity contribution is 7.99. The highest BCUT2D eigenvalue weighted by Crippen LogP contribution is 2.04. The molecule has 1 heterocycles. The van der Waals surface area contributed by atoms with Crippen molar-refractivity contribution in [3.05, 3.63) is 18.2 Å². The molecule has 0 saturated carbocycles. The van der Waals surface area contributed by atoms with Crippen LogP contribution in [0.1, 0.15) is 32.0 Å². The van der Waals surface area contributed by atoms with Crippen molar-refractivity contribution in [3.63, 3.8) is 0 Å². The van der Waals surface area contributed by atoms with Crippen LogP contribution >= 0.6 is 11.8 Å². The van der Waals surface area contributed by atoms with Crippen LogP contribution in [0.2, 0.25) is 0 Å². The fourth-order valence-electron chi connectivity index (χ4n) is 1.64. The number of aryl methyl sites for hydroxylation is 2. The summed E-state index contributed by atoms with van der Waals surface area (Å²) in [6, 6.07) is 2.18. The summed E-state index contributed by atoms with van der Waals surface area (Å²) in [6.07, 6.45) is 7.96. The Morgan fingerprint density at radius 2 is 2.38 bits per heavy atom. The molecule has 0 unspecified atom stereocenters. The lowest BCUT2D eigenvalue weighted by Gasteiger charge is -1.99. The van der Waals surface area contributed by atoms with Crippen molar-refractivity contribution in [3.8, 4) is 6.07 Å². The van der Waals surface area contributed by atoms with Gasteiger partial charge >= 0.3 is 0 Å². The van der Waals surface area contributed by atoms with Gasteiger partial charge in [0.1, 0.15) is 12.4 Å². The van der Waals surface area contributed by atoms with Crippen molar-refractivity contribution < 1.29 is 4.57 Å². The maximum Gasteiger partial charge on any atom is 0.254 e. The zero-order valence-electron chi connectivity index (χ0n) is 9.91. The maximum absolute atomic E-state index is 8.49. The average molecular weight is 238 g/mol. The highest BCUT2D eigenvalue weighted by atomic mass is 32.2. The Morgan fingerprint density at radius 3 is 3.12 bits per heavy atom. The molecular weight excluding hydrogens is 218 g/mol. The number of nitriles is 1. The van der Waals surface area contributed by atoms with Gasteiger partial charge in [0.05, 0.1) is 12.6 Å². The topological polar surface area (TPSA) is 43.5 Å². The van der Waals surface area contributed by atoms with Gasteiger partial charge in [-0.2, -0.15) is 17.0 Å². The summed E-state index contributed by atoms with van der Waals surface area (Å²) in [4.78, 5) is 3.28. The highest BCUT2D eigenvalue weighted by Gasteiger charge is 2.09. The molecule has 0 bridgehead atoms. The molecule has 0 fully saturated rings. The number of hydrogen-bond acceptors (Lipinski definition) is 2. The van der Waals surface area contributed by atoms with E-state index in [4.69, 9.17) is 5.26 Å². The summed E-state index contributed by atoms with van der Waals surface area (Å²) in [5.74, 6) is 3.72. The van der Waals surface area contributed by atoms with E-state index in [0.29, 0.717) is 6.42 Å². The van der Waals surface area contributed by atoms with E-state index in [-0.39, 0.29) is 0 Å². The molecule has 0 aliphatic carbocycles. The van der Waals surface area contributed by atoms with Crippen molar-refractivity contribution >= 4 is 11.8 Å². The van der Waals surface area contributed by atoms with Crippen molar-refractivity contribution in [1.29, 1.82) is 5.26 Å². The molecule has 1 rings (SSSR count). The molecule has 3 nitrogen and oxygen atoms in total. The van der Waals surface area contributed by atoms with Crippen LogP contribution < -0.4 is 4.57 Å². The van der Waals surface area contributed by atoms with Crippen LogP contribution in [0.25, 0.3) is 0 Å². The van der Waals surface area contributed by atoms with E-state index in [1.807, 2.05) is 18.0 Å². The minimum Gasteiger partial charge on any atom is -0.248 e. The third kappa shape index (κ3) is 4.71. The lowest BCUT2D eigenvalue weighted by Crippen LogP contribution is -2.36. The number of unbranched alkanes of at least 4 members (excludes halogenated alkanes) is 1. The number of H-pyrrole nitrogens is 1. The molecule has 1 aromatic heterocycles. The monoisotopic (exact) mass is 238 g/mol. The van der Waals surface area contributed by atoms with Crippen LogP contribution in [0.15, 0.2) is 12.4 Å². The molecule has 0 aromatic carbocycles. The number of aromatic amines is 1. The first-order chi connectivity index (χ1) is 7.88. The average Bonchev–Trinajstić information content (AvgIpc) is 2.73. The van der Waals surface area contributed by atoms with Gasteiger partial charge in [-0.25, -0.2) is 9.55 Å². The molecule has 88 valence electrons. The summed E-state index contributed by atoms with van der Waals surface area (Å²) in [6.45, 7) is 3.15.